The summed E-state index contributed by atoms with van der Waals surface area (Å²) in [5, 5.41) is 0. The highest BCUT2D eigenvalue weighted by Gasteiger charge is 2.34. The number of cyclic esters (lactones) is 2. The van der Waals surface area contributed by atoms with E-state index in [0.29, 0.717) is 31.0 Å². The summed E-state index contributed by atoms with van der Waals surface area (Å²) in [4.78, 5) is 31.4. The van der Waals surface area contributed by atoms with Crippen molar-refractivity contribution in [2.75, 3.05) is 0 Å². The van der Waals surface area contributed by atoms with E-state index in [2.05, 4.69) is 55.3 Å². The fraction of sp³-hybridized carbons (Fsp3) is 0. The number of aromatic nitrogens is 4. The van der Waals surface area contributed by atoms with Crippen LogP contribution in [0.25, 0.3) is 22.1 Å². The topological polar surface area (TPSA) is 94.9 Å². The number of nitrogens with zero attached hydrogens (tertiary/aromatic N) is 4. The Kier molecular flexibility index (Phi) is 2.44. The van der Waals surface area contributed by atoms with E-state index < -0.39 is 11.9 Å². The van der Waals surface area contributed by atoms with Crippen LogP contribution in [0.1, 0.15) is 21.0 Å². The highest BCUT2D eigenvalue weighted by Crippen LogP contribution is 2.37. The third kappa shape index (κ3) is 1.43. The lowest BCUT2D eigenvalue weighted by Crippen LogP contribution is -2.01. The van der Waals surface area contributed by atoms with E-state index in [9.17, 15) is 9.59 Å². The quantitative estimate of drug-likeness (QED) is 0.411. The molecule has 0 amide bonds. The second-order valence-corrected chi connectivity index (χ2v) is 6.00. The first-order chi connectivity index (χ1) is 9.58. The molecule has 20 heavy (non-hydrogen) atoms. The standard InChI is InChI=1S/C10Br2N4O3S/c11-1-3-4(2(12)6-5(1)15-20-16-6)14-8-7(13-3)9(17)19-10(8)18. The van der Waals surface area contributed by atoms with Gasteiger partial charge >= 0.3 is 11.9 Å². The van der Waals surface area contributed by atoms with Gasteiger partial charge in [-0.25, -0.2) is 19.6 Å². The summed E-state index contributed by atoms with van der Waals surface area (Å²) in [5.41, 5.74) is 1.89. The zero-order valence-electron chi connectivity index (χ0n) is 9.18. The molecular weight excluding hydrogens is 416 g/mol. The van der Waals surface area contributed by atoms with Crippen LogP contribution in [0.3, 0.4) is 0 Å². The van der Waals surface area contributed by atoms with Gasteiger partial charge in [0.1, 0.15) is 22.1 Å². The predicted octanol–water partition coefficient (Wildman–Crippen LogP) is 2.47. The van der Waals surface area contributed by atoms with E-state index >= 15 is 0 Å². The largest absolute Gasteiger partial charge is 0.383 e. The highest BCUT2D eigenvalue weighted by molar-refractivity contribution is 9.11. The van der Waals surface area contributed by atoms with Gasteiger partial charge in [-0.05, 0) is 31.9 Å². The molecule has 0 atom stereocenters. The van der Waals surface area contributed by atoms with Crippen molar-refractivity contribution in [1.29, 1.82) is 0 Å². The highest BCUT2D eigenvalue weighted by atomic mass is 79.9. The molecule has 4 rings (SSSR count). The van der Waals surface area contributed by atoms with Gasteiger partial charge in [0.05, 0.1) is 20.7 Å². The molecule has 10 heteroatoms. The summed E-state index contributed by atoms with van der Waals surface area (Å²) < 4.78 is 14.0. The molecule has 3 heterocycles. The van der Waals surface area contributed by atoms with Gasteiger partial charge in [0.15, 0.2) is 11.4 Å². The molecule has 0 radical (unpaired) electrons. The Bertz CT molecular complexity index is 881. The van der Waals surface area contributed by atoms with E-state index in [0.717, 1.165) is 11.7 Å². The van der Waals surface area contributed by atoms with Crippen molar-refractivity contribution in [3.05, 3.63) is 20.3 Å². The van der Waals surface area contributed by atoms with Gasteiger partial charge in [0, 0.05) is 0 Å². The Morgan fingerprint density at radius 1 is 0.800 bits per heavy atom. The zero-order chi connectivity index (χ0) is 14.0. The summed E-state index contributed by atoms with van der Waals surface area (Å²) >= 11 is 7.81. The van der Waals surface area contributed by atoms with Crippen molar-refractivity contribution < 1.29 is 14.3 Å². The first-order valence-corrected chi connectivity index (χ1v) is 7.47. The van der Waals surface area contributed by atoms with Crippen molar-refractivity contribution in [2.45, 2.75) is 0 Å². The second kappa shape index (κ2) is 3.99. The molecule has 7 nitrogen and oxygen atoms in total. The first kappa shape index (κ1) is 12.2. The van der Waals surface area contributed by atoms with Gasteiger partial charge in [-0.15, -0.1) is 0 Å². The van der Waals surface area contributed by atoms with Gasteiger partial charge in [-0.2, -0.15) is 8.75 Å². The van der Waals surface area contributed by atoms with Crippen LogP contribution in [-0.4, -0.2) is 30.7 Å². The maximum atomic E-state index is 11.5. The maximum absolute atomic E-state index is 11.5. The molecule has 0 saturated carbocycles. The van der Waals surface area contributed by atoms with Crippen molar-refractivity contribution in [2.24, 2.45) is 0 Å². The van der Waals surface area contributed by atoms with Crippen LogP contribution in [0.2, 0.25) is 0 Å². The van der Waals surface area contributed by atoms with E-state index in [4.69, 9.17) is 0 Å². The number of esters is 2. The molecule has 0 fully saturated rings. The molecule has 0 spiro atoms. The number of carbonyl (C=O) groups excluding carboxylic acids is 2. The van der Waals surface area contributed by atoms with E-state index in [1.54, 1.807) is 0 Å². The SMILES string of the molecule is O=C1OC(=O)c2nc3c(Br)c4nsnc4c(Br)c3nc21. The third-order valence-corrected chi connectivity index (χ3v) is 4.82. The summed E-state index contributed by atoms with van der Waals surface area (Å²) in [6.07, 6.45) is 0. The first-order valence-electron chi connectivity index (χ1n) is 5.15. The van der Waals surface area contributed by atoms with Gasteiger partial charge in [0.2, 0.25) is 0 Å². The number of ether oxygens (including phenoxy) is 1. The predicted molar refractivity (Wildman–Crippen MR) is 75.7 cm³/mol. The molecule has 2 aromatic heterocycles. The fourth-order valence-electron chi connectivity index (χ4n) is 1.91. The molecule has 98 valence electrons. The number of hydrogen-bond donors (Lipinski definition) is 0. The Morgan fingerprint density at radius 3 is 1.70 bits per heavy atom. The molecule has 1 aliphatic rings. The average molecular weight is 416 g/mol. The van der Waals surface area contributed by atoms with Gasteiger partial charge in [-0.3, -0.25) is 0 Å². The van der Waals surface area contributed by atoms with E-state index in [1.165, 1.54) is 0 Å². The monoisotopic (exact) mass is 414 g/mol. The molecule has 3 aromatic rings. The van der Waals surface area contributed by atoms with E-state index in [1.807, 2.05) is 0 Å². The lowest BCUT2D eigenvalue weighted by molar-refractivity contribution is 0.0439. The lowest BCUT2D eigenvalue weighted by Gasteiger charge is -2.04. The van der Waals surface area contributed by atoms with Gasteiger partial charge < -0.3 is 4.74 Å². The molecule has 1 aromatic carbocycles. The van der Waals surface area contributed by atoms with E-state index in [-0.39, 0.29) is 11.4 Å². The molecular formula is C10Br2N4O3S. The lowest BCUT2D eigenvalue weighted by atomic mass is 10.2. The summed E-state index contributed by atoms with van der Waals surface area (Å²) in [6.45, 7) is 0. The minimum atomic E-state index is -0.793. The third-order valence-electron chi connectivity index (χ3n) is 2.79. The Morgan fingerprint density at radius 2 is 1.25 bits per heavy atom. The Hall–Kier alpha value is -1.52. The number of carbonyl (C=O) groups is 2. The number of hydrogen-bond acceptors (Lipinski definition) is 8. The van der Waals surface area contributed by atoms with Crippen LogP contribution in [0.15, 0.2) is 8.95 Å². The van der Waals surface area contributed by atoms with Crippen molar-refractivity contribution >= 4 is 77.6 Å². The minimum absolute atomic E-state index is 0.0855. The van der Waals surface area contributed by atoms with Gasteiger partial charge in [0.25, 0.3) is 0 Å². The van der Waals surface area contributed by atoms with Crippen LogP contribution in [-0.2, 0) is 4.74 Å². The normalized spacial score (nSPS) is 14.1. The van der Waals surface area contributed by atoms with Crippen LogP contribution < -0.4 is 0 Å². The molecule has 0 aliphatic carbocycles. The minimum Gasteiger partial charge on any atom is -0.383 e. The zero-order valence-corrected chi connectivity index (χ0v) is 13.2. The number of rotatable bonds is 0. The molecule has 0 N–H and O–H groups in total. The summed E-state index contributed by atoms with van der Waals surface area (Å²) in [5.74, 6) is -1.59. The summed E-state index contributed by atoms with van der Waals surface area (Å²) in [7, 11) is 0. The van der Waals surface area contributed by atoms with Crippen molar-refractivity contribution in [3.63, 3.8) is 0 Å². The Labute approximate surface area is 130 Å². The fourth-order valence-corrected chi connectivity index (χ4v) is 3.81. The average Bonchev–Trinajstić information content (AvgIpc) is 3.01. The van der Waals surface area contributed by atoms with Crippen molar-refractivity contribution in [3.8, 4) is 0 Å². The molecule has 0 bridgehead atoms. The second-order valence-electron chi connectivity index (χ2n) is 3.88. The summed E-state index contributed by atoms with van der Waals surface area (Å²) in [6, 6.07) is 0. The smallest absolute Gasteiger partial charge is 0.367 e. The molecule has 0 unspecified atom stereocenters. The number of halogens is 2. The van der Waals surface area contributed by atoms with Crippen molar-refractivity contribution in [1.82, 2.24) is 18.7 Å². The number of fused-ring (bicyclic) bond motifs is 3. The van der Waals surface area contributed by atoms with Crippen LogP contribution >= 0.6 is 43.6 Å². The molecule has 1 aliphatic heterocycles. The number of benzene rings is 1. The Balaban J connectivity index is 2.25. The maximum Gasteiger partial charge on any atom is 0.367 e. The molecule has 0 saturated heterocycles. The van der Waals surface area contributed by atoms with Gasteiger partial charge in [-0.1, -0.05) is 0 Å². The van der Waals surface area contributed by atoms with Crippen LogP contribution in [0.4, 0.5) is 0 Å². The van der Waals surface area contributed by atoms with Crippen LogP contribution in [0, 0.1) is 0 Å². The van der Waals surface area contributed by atoms with Crippen LogP contribution in [0.5, 0.6) is 0 Å².